The number of nitrogens with zero attached hydrogens (tertiary/aromatic N) is 1. The third-order valence-corrected chi connectivity index (χ3v) is 3.86. The van der Waals surface area contributed by atoms with E-state index in [1.807, 2.05) is 0 Å². The van der Waals surface area contributed by atoms with Gasteiger partial charge in [0.1, 0.15) is 0 Å². The van der Waals surface area contributed by atoms with Crippen LogP contribution in [0.2, 0.25) is 0 Å². The molecule has 1 atom stereocenters. The Kier molecular flexibility index (Phi) is 3.20. The van der Waals surface area contributed by atoms with Gasteiger partial charge in [0.05, 0.1) is 0 Å². The molecule has 2 rings (SSSR count). The van der Waals surface area contributed by atoms with E-state index in [0.29, 0.717) is 5.41 Å². The molecule has 1 heterocycles. The number of aromatic nitrogens is 2. The molecule has 0 aliphatic heterocycles. The number of anilines is 1. The van der Waals surface area contributed by atoms with Gasteiger partial charge in [-0.3, -0.25) is 5.10 Å². The number of rotatable bonds is 1. The molecule has 0 bridgehead atoms. The Labute approximate surface area is 111 Å². The van der Waals surface area contributed by atoms with Gasteiger partial charge in [0.2, 0.25) is 0 Å². The van der Waals surface area contributed by atoms with Crippen molar-refractivity contribution in [3.8, 4) is 0 Å². The molecule has 3 heteroatoms. The summed E-state index contributed by atoms with van der Waals surface area (Å²) >= 11 is 0. The van der Waals surface area contributed by atoms with Gasteiger partial charge in [0.15, 0.2) is 5.82 Å². The van der Waals surface area contributed by atoms with E-state index < -0.39 is 0 Å². The van der Waals surface area contributed by atoms with E-state index in [9.17, 15) is 0 Å². The number of aryl methyl sites for hydroxylation is 1. The highest BCUT2D eigenvalue weighted by Gasteiger charge is 2.31. The lowest BCUT2D eigenvalue weighted by molar-refractivity contribution is 0.215. The third-order valence-electron chi connectivity index (χ3n) is 3.86. The zero-order valence-corrected chi connectivity index (χ0v) is 12.6. The summed E-state index contributed by atoms with van der Waals surface area (Å²) in [5, 5.41) is 11.2. The van der Waals surface area contributed by atoms with Crippen LogP contribution < -0.4 is 5.32 Å². The third kappa shape index (κ3) is 2.88. The fraction of sp³-hybridized carbons (Fsp3) is 0.800. The highest BCUT2D eigenvalue weighted by atomic mass is 15.2. The van der Waals surface area contributed by atoms with Crippen molar-refractivity contribution in [3.05, 3.63) is 11.3 Å². The number of nitrogens with one attached hydrogen (secondary N) is 2. The Morgan fingerprint density at radius 1 is 1.17 bits per heavy atom. The van der Waals surface area contributed by atoms with E-state index in [2.05, 4.69) is 57.1 Å². The molecular weight excluding hydrogens is 222 g/mol. The minimum absolute atomic E-state index is 0.0671. The normalized spacial score (nSPS) is 20.7. The average molecular weight is 249 g/mol. The Balaban J connectivity index is 2.22. The quantitative estimate of drug-likeness (QED) is 0.795. The van der Waals surface area contributed by atoms with Gasteiger partial charge in [-0.25, -0.2) is 0 Å². The lowest BCUT2D eigenvalue weighted by atomic mass is 9.72. The van der Waals surface area contributed by atoms with Crippen molar-refractivity contribution in [1.29, 1.82) is 0 Å². The van der Waals surface area contributed by atoms with Crippen molar-refractivity contribution in [2.24, 2.45) is 11.3 Å². The predicted molar refractivity (Wildman–Crippen MR) is 76.9 cm³/mol. The van der Waals surface area contributed by atoms with Gasteiger partial charge in [-0.15, -0.1) is 0 Å². The van der Waals surface area contributed by atoms with Crippen molar-refractivity contribution >= 4 is 5.82 Å². The lowest BCUT2D eigenvalue weighted by Crippen LogP contribution is -2.29. The highest BCUT2D eigenvalue weighted by Crippen LogP contribution is 2.39. The first-order valence-corrected chi connectivity index (χ1v) is 7.01. The van der Waals surface area contributed by atoms with Crippen LogP contribution in [-0.4, -0.2) is 15.7 Å². The summed E-state index contributed by atoms with van der Waals surface area (Å²) in [5.41, 5.74) is 3.20. The second kappa shape index (κ2) is 4.29. The summed E-state index contributed by atoms with van der Waals surface area (Å²) in [7, 11) is 0. The van der Waals surface area contributed by atoms with Gasteiger partial charge >= 0.3 is 0 Å². The minimum Gasteiger partial charge on any atom is -0.364 e. The monoisotopic (exact) mass is 249 g/mol. The van der Waals surface area contributed by atoms with Gasteiger partial charge in [0, 0.05) is 16.8 Å². The van der Waals surface area contributed by atoms with Gasteiger partial charge < -0.3 is 5.32 Å². The number of H-pyrrole nitrogens is 1. The number of fused-ring (bicyclic) bond motifs is 1. The molecule has 18 heavy (non-hydrogen) atoms. The summed E-state index contributed by atoms with van der Waals surface area (Å²) in [5.74, 6) is 1.81. The smallest absolute Gasteiger partial charge is 0.151 e. The molecule has 1 unspecified atom stereocenters. The van der Waals surface area contributed by atoms with Crippen molar-refractivity contribution in [2.45, 2.75) is 66.3 Å². The standard InChI is InChI=1S/C15H27N3/c1-14(2,3)10-7-8-12-11(9-10)13(18-17-12)16-15(4,5)6/h10H,7-9H2,1-6H3,(H2,16,17,18). The average Bonchev–Trinajstić information content (AvgIpc) is 2.57. The fourth-order valence-electron chi connectivity index (χ4n) is 2.69. The predicted octanol–water partition coefficient (Wildman–Crippen LogP) is 3.77. The summed E-state index contributed by atoms with van der Waals surface area (Å²) < 4.78 is 0. The maximum absolute atomic E-state index is 4.46. The Morgan fingerprint density at radius 3 is 2.39 bits per heavy atom. The van der Waals surface area contributed by atoms with Gasteiger partial charge in [0.25, 0.3) is 0 Å². The van der Waals surface area contributed by atoms with Crippen molar-refractivity contribution < 1.29 is 0 Å². The first kappa shape index (κ1) is 13.4. The molecule has 0 aromatic carbocycles. The Morgan fingerprint density at radius 2 is 1.83 bits per heavy atom. The minimum atomic E-state index is 0.0671. The van der Waals surface area contributed by atoms with Crippen LogP contribution in [0.25, 0.3) is 0 Å². The molecule has 0 spiro atoms. The summed E-state index contributed by atoms with van der Waals surface area (Å²) in [6.45, 7) is 13.6. The molecule has 0 saturated heterocycles. The zero-order chi connectivity index (χ0) is 13.6. The van der Waals surface area contributed by atoms with Crippen LogP contribution in [0.5, 0.6) is 0 Å². The van der Waals surface area contributed by atoms with Gasteiger partial charge in [-0.2, -0.15) is 5.10 Å². The van der Waals surface area contributed by atoms with Crippen LogP contribution in [0, 0.1) is 11.3 Å². The molecule has 0 saturated carbocycles. The van der Waals surface area contributed by atoms with Crippen LogP contribution in [0.3, 0.4) is 0 Å². The van der Waals surface area contributed by atoms with Gasteiger partial charge in [-0.1, -0.05) is 20.8 Å². The van der Waals surface area contributed by atoms with Crippen LogP contribution in [-0.2, 0) is 12.8 Å². The molecule has 0 radical (unpaired) electrons. The van der Waals surface area contributed by atoms with E-state index in [4.69, 9.17) is 0 Å². The molecule has 3 nitrogen and oxygen atoms in total. The molecule has 2 N–H and O–H groups in total. The molecule has 1 aromatic rings. The van der Waals surface area contributed by atoms with E-state index in [1.165, 1.54) is 17.7 Å². The Bertz CT molecular complexity index is 418. The maximum Gasteiger partial charge on any atom is 0.151 e. The second-order valence-electron chi connectivity index (χ2n) is 7.71. The van der Waals surface area contributed by atoms with Crippen molar-refractivity contribution in [3.63, 3.8) is 0 Å². The van der Waals surface area contributed by atoms with Crippen molar-refractivity contribution in [1.82, 2.24) is 10.2 Å². The topological polar surface area (TPSA) is 40.7 Å². The summed E-state index contributed by atoms with van der Waals surface area (Å²) in [6, 6.07) is 0. The maximum atomic E-state index is 4.46. The van der Waals surface area contributed by atoms with Crippen LogP contribution >= 0.6 is 0 Å². The van der Waals surface area contributed by atoms with E-state index in [-0.39, 0.29) is 5.54 Å². The zero-order valence-electron chi connectivity index (χ0n) is 12.6. The van der Waals surface area contributed by atoms with E-state index in [1.54, 1.807) is 0 Å². The van der Waals surface area contributed by atoms with Crippen molar-refractivity contribution in [2.75, 3.05) is 5.32 Å². The summed E-state index contributed by atoms with van der Waals surface area (Å²) in [4.78, 5) is 0. The molecular formula is C15H27N3. The number of hydrogen-bond donors (Lipinski definition) is 2. The second-order valence-corrected chi connectivity index (χ2v) is 7.71. The number of hydrogen-bond acceptors (Lipinski definition) is 2. The summed E-state index contributed by atoms with van der Waals surface area (Å²) in [6.07, 6.45) is 3.55. The Hall–Kier alpha value is -0.990. The highest BCUT2D eigenvalue weighted by molar-refractivity contribution is 5.49. The molecule has 0 fully saturated rings. The van der Waals surface area contributed by atoms with Crippen LogP contribution in [0.15, 0.2) is 0 Å². The first-order chi connectivity index (χ1) is 8.17. The molecule has 1 aliphatic rings. The molecule has 102 valence electrons. The van der Waals surface area contributed by atoms with Crippen LogP contribution in [0.1, 0.15) is 59.2 Å². The molecule has 0 amide bonds. The van der Waals surface area contributed by atoms with Gasteiger partial charge in [-0.05, 0) is 51.4 Å². The van der Waals surface area contributed by atoms with E-state index in [0.717, 1.165) is 24.6 Å². The van der Waals surface area contributed by atoms with E-state index >= 15 is 0 Å². The SMILES string of the molecule is CC(C)(C)Nc1n[nH]c2c1CC(C(C)(C)C)CC2. The molecule has 1 aromatic heterocycles. The van der Waals surface area contributed by atoms with Crippen LogP contribution in [0.4, 0.5) is 5.82 Å². The number of aromatic amines is 1. The largest absolute Gasteiger partial charge is 0.364 e. The fourth-order valence-corrected chi connectivity index (χ4v) is 2.69. The molecule has 1 aliphatic carbocycles. The lowest BCUT2D eigenvalue weighted by Gasteiger charge is -2.34. The first-order valence-electron chi connectivity index (χ1n) is 7.01.